The molecule has 1 aliphatic rings. The Labute approximate surface area is 189 Å². The molecule has 2 heterocycles. The van der Waals surface area contributed by atoms with Gasteiger partial charge in [-0.3, -0.25) is 9.89 Å². The van der Waals surface area contributed by atoms with Crippen LogP contribution in [0.1, 0.15) is 23.3 Å². The minimum absolute atomic E-state index is 0. The second kappa shape index (κ2) is 12.3. The Morgan fingerprint density at radius 1 is 1.21 bits per heavy atom. The number of guanidine groups is 1. The van der Waals surface area contributed by atoms with Gasteiger partial charge in [0.2, 0.25) is 0 Å². The molecular weight excluding hydrogens is 483 g/mol. The molecule has 154 valence electrons. The van der Waals surface area contributed by atoms with Gasteiger partial charge in [-0.05, 0) is 61.0 Å². The average molecular weight is 514 g/mol. The fourth-order valence-corrected chi connectivity index (χ4v) is 4.15. The maximum absolute atomic E-state index is 5.28. The summed E-state index contributed by atoms with van der Waals surface area (Å²) in [5.41, 5.74) is 1.18. The summed E-state index contributed by atoms with van der Waals surface area (Å²) in [7, 11) is 3.52. The van der Waals surface area contributed by atoms with E-state index in [2.05, 4.69) is 44.1 Å². The van der Waals surface area contributed by atoms with Crippen LogP contribution in [0.4, 0.5) is 0 Å². The van der Waals surface area contributed by atoms with Crippen molar-refractivity contribution in [1.29, 1.82) is 0 Å². The number of halogens is 1. The van der Waals surface area contributed by atoms with Gasteiger partial charge in [-0.2, -0.15) is 0 Å². The van der Waals surface area contributed by atoms with Crippen LogP contribution in [-0.4, -0.2) is 44.7 Å². The van der Waals surface area contributed by atoms with Crippen LogP contribution in [0.5, 0.6) is 5.75 Å². The van der Waals surface area contributed by atoms with Crippen LogP contribution >= 0.6 is 35.3 Å². The van der Waals surface area contributed by atoms with Crippen LogP contribution < -0.4 is 15.4 Å². The van der Waals surface area contributed by atoms with Crippen molar-refractivity contribution in [2.24, 2.45) is 10.9 Å². The van der Waals surface area contributed by atoms with E-state index < -0.39 is 0 Å². The molecule has 1 aromatic heterocycles. The standard InChI is InChI=1S/C21H30N4OS.HI/c1-22-21(24-15-18-5-3-6-19(13-18)26-2)23-14-17-8-10-25(11-9-17)16-20-7-4-12-27-20;/h3-7,12-13,17H,8-11,14-16H2,1-2H3,(H2,22,23,24);1H. The number of likely N-dealkylation sites (tertiary alicyclic amines) is 1. The first-order valence-corrected chi connectivity index (χ1v) is 10.5. The highest BCUT2D eigenvalue weighted by Gasteiger charge is 2.19. The highest BCUT2D eigenvalue weighted by atomic mass is 127. The SMILES string of the molecule is CN=C(NCc1cccc(OC)c1)NCC1CCN(Cc2cccs2)CC1.I. The summed E-state index contributed by atoms with van der Waals surface area (Å²) in [4.78, 5) is 8.38. The van der Waals surface area contributed by atoms with E-state index in [1.54, 1.807) is 7.11 Å². The Morgan fingerprint density at radius 2 is 2.04 bits per heavy atom. The van der Waals surface area contributed by atoms with Gasteiger partial charge >= 0.3 is 0 Å². The van der Waals surface area contributed by atoms with Gasteiger partial charge < -0.3 is 15.4 Å². The van der Waals surface area contributed by atoms with Gasteiger partial charge in [-0.1, -0.05) is 18.2 Å². The van der Waals surface area contributed by atoms with E-state index in [9.17, 15) is 0 Å². The molecule has 1 fully saturated rings. The second-order valence-electron chi connectivity index (χ2n) is 6.96. The Morgan fingerprint density at radius 3 is 2.71 bits per heavy atom. The van der Waals surface area contributed by atoms with Gasteiger partial charge in [0.15, 0.2) is 5.96 Å². The molecule has 0 spiro atoms. The predicted octanol–water partition coefficient (Wildman–Crippen LogP) is 3.95. The summed E-state index contributed by atoms with van der Waals surface area (Å²) in [6, 6.07) is 12.5. The number of thiophene rings is 1. The molecule has 3 rings (SSSR count). The van der Waals surface area contributed by atoms with Gasteiger partial charge in [0.1, 0.15) is 5.75 Å². The number of ether oxygens (including phenoxy) is 1. The summed E-state index contributed by atoms with van der Waals surface area (Å²) in [6.07, 6.45) is 2.48. The third kappa shape index (κ3) is 7.25. The normalized spacial score (nSPS) is 15.7. The van der Waals surface area contributed by atoms with E-state index >= 15 is 0 Å². The van der Waals surface area contributed by atoms with Crippen LogP contribution in [-0.2, 0) is 13.1 Å². The quantitative estimate of drug-likeness (QED) is 0.334. The summed E-state index contributed by atoms with van der Waals surface area (Å²) >= 11 is 1.85. The van der Waals surface area contributed by atoms with Crippen molar-refractivity contribution in [3.05, 3.63) is 52.2 Å². The molecule has 0 unspecified atom stereocenters. The molecule has 0 radical (unpaired) electrons. The molecule has 0 aliphatic carbocycles. The molecule has 1 saturated heterocycles. The molecule has 2 N–H and O–H groups in total. The number of aliphatic imine (C=N–C) groups is 1. The topological polar surface area (TPSA) is 48.9 Å². The largest absolute Gasteiger partial charge is 0.497 e. The molecule has 1 aliphatic heterocycles. The molecular formula is C21H31IN4OS. The lowest BCUT2D eigenvalue weighted by Crippen LogP contribution is -2.42. The van der Waals surface area contributed by atoms with Crippen molar-refractivity contribution < 1.29 is 4.74 Å². The number of benzene rings is 1. The summed E-state index contributed by atoms with van der Waals surface area (Å²) in [5.74, 6) is 2.45. The Kier molecular flexibility index (Phi) is 10.1. The Bertz CT molecular complexity index is 715. The van der Waals surface area contributed by atoms with Gasteiger partial charge in [-0.25, -0.2) is 0 Å². The van der Waals surface area contributed by atoms with Crippen molar-refractivity contribution in [2.75, 3.05) is 33.8 Å². The number of hydrogen-bond acceptors (Lipinski definition) is 4. The molecule has 1 aromatic carbocycles. The molecule has 0 bridgehead atoms. The van der Waals surface area contributed by atoms with Crippen LogP contribution in [0, 0.1) is 5.92 Å². The number of nitrogens with zero attached hydrogens (tertiary/aromatic N) is 2. The lowest BCUT2D eigenvalue weighted by Gasteiger charge is -2.32. The number of nitrogens with one attached hydrogen (secondary N) is 2. The van der Waals surface area contributed by atoms with Crippen LogP contribution in [0.25, 0.3) is 0 Å². The van der Waals surface area contributed by atoms with Crippen molar-refractivity contribution >= 4 is 41.3 Å². The molecule has 0 atom stereocenters. The van der Waals surface area contributed by atoms with Crippen LogP contribution in [0.2, 0.25) is 0 Å². The summed E-state index contributed by atoms with van der Waals surface area (Å²) in [6.45, 7) is 5.17. The van der Waals surface area contributed by atoms with E-state index in [1.807, 2.05) is 36.6 Å². The maximum atomic E-state index is 5.28. The zero-order valence-electron chi connectivity index (χ0n) is 16.7. The predicted molar refractivity (Wildman–Crippen MR) is 129 cm³/mol. The second-order valence-corrected chi connectivity index (χ2v) is 7.99. The first-order chi connectivity index (χ1) is 13.3. The fourth-order valence-electron chi connectivity index (χ4n) is 3.40. The van der Waals surface area contributed by atoms with Gasteiger partial charge in [-0.15, -0.1) is 35.3 Å². The zero-order chi connectivity index (χ0) is 18.9. The van der Waals surface area contributed by atoms with Crippen molar-refractivity contribution in [3.63, 3.8) is 0 Å². The van der Waals surface area contributed by atoms with Crippen molar-refractivity contribution in [1.82, 2.24) is 15.5 Å². The van der Waals surface area contributed by atoms with Gasteiger partial charge in [0, 0.05) is 31.6 Å². The Balaban J connectivity index is 0.00000280. The van der Waals surface area contributed by atoms with E-state index in [0.29, 0.717) is 5.92 Å². The fraction of sp³-hybridized carbons (Fsp3) is 0.476. The molecule has 0 saturated carbocycles. The summed E-state index contributed by atoms with van der Waals surface area (Å²) < 4.78 is 5.28. The van der Waals surface area contributed by atoms with Gasteiger partial charge in [0.25, 0.3) is 0 Å². The minimum Gasteiger partial charge on any atom is -0.497 e. The van der Waals surface area contributed by atoms with E-state index in [1.165, 1.54) is 36.4 Å². The lowest BCUT2D eigenvalue weighted by molar-refractivity contribution is 0.179. The first kappa shape index (κ1) is 23.0. The van der Waals surface area contributed by atoms with Crippen LogP contribution in [0.3, 0.4) is 0 Å². The molecule has 5 nitrogen and oxygen atoms in total. The van der Waals surface area contributed by atoms with Gasteiger partial charge in [0.05, 0.1) is 7.11 Å². The zero-order valence-corrected chi connectivity index (χ0v) is 19.8. The minimum atomic E-state index is 0. The average Bonchev–Trinajstić information content (AvgIpc) is 3.22. The van der Waals surface area contributed by atoms with E-state index in [4.69, 9.17) is 4.74 Å². The van der Waals surface area contributed by atoms with E-state index in [0.717, 1.165) is 31.3 Å². The number of piperidine rings is 1. The van der Waals surface area contributed by atoms with Crippen molar-refractivity contribution in [3.8, 4) is 5.75 Å². The molecule has 0 amide bonds. The highest BCUT2D eigenvalue weighted by Crippen LogP contribution is 2.20. The van der Waals surface area contributed by atoms with E-state index in [-0.39, 0.29) is 24.0 Å². The third-order valence-electron chi connectivity index (χ3n) is 5.04. The molecule has 2 aromatic rings. The van der Waals surface area contributed by atoms with Crippen LogP contribution in [0.15, 0.2) is 46.8 Å². The Hall–Kier alpha value is -1.32. The number of rotatable bonds is 7. The maximum Gasteiger partial charge on any atom is 0.191 e. The number of methoxy groups -OCH3 is 1. The third-order valence-corrected chi connectivity index (χ3v) is 5.90. The lowest BCUT2D eigenvalue weighted by atomic mass is 9.97. The number of hydrogen-bond donors (Lipinski definition) is 2. The molecule has 28 heavy (non-hydrogen) atoms. The summed E-state index contributed by atoms with van der Waals surface area (Å²) in [5, 5.41) is 9.04. The molecule has 7 heteroatoms. The van der Waals surface area contributed by atoms with Crippen molar-refractivity contribution in [2.45, 2.75) is 25.9 Å². The first-order valence-electron chi connectivity index (χ1n) is 9.59. The smallest absolute Gasteiger partial charge is 0.191 e. The monoisotopic (exact) mass is 514 g/mol. The highest BCUT2D eigenvalue weighted by molar-refractivity contribution is 14.0.